The predicted molar refractivity (Wildman–Crippen MR) is 80.7 cm³/mol. The van der Waals surface area contributed by atoms with Crippen molar-refractivity contribution in [2.45, 2.75) is 26.3 Å². The van der Waals surface area contributed by atoms with Crippen molar-refractivity contribution in [1.82, 2.24) is 9.88 Å². The Bertz CT molecular complexity index is 566. The van der Waals surface area contributed by atoms with Gasteiger partial charge in [-0.2, -0.15) is 0 Å². The van der Waals surface area contributed by atoms with Crippen molar-refractivity contribution in [3.63, 3.8) is 0 Å². The Balaban J connectivity index is 2.17. The van der Waals surface area contributed by atoms with Crippen LogP contribution in [-0.4, -0.2) is 28.9 Å². The van der Waals surface area contributed by atoms with Crippen molar-refractivity contribution >= 4 is 5.91 Å². The van der Waals surface area contributed by atoms with Gasteiger partial charge in [-0.25, -0.2) is 0 Å². The van der Waals surface area contributed by atoms with Gasteiger partial charge >= 0.3 is 0 Å². The molecule has 2 aromatic heterocycles. The molecule has 0 aliphatic carbocycles. The molecule has 0 bridgehead atoms. The smallest absolute Gasteiger partial charge is 0.257 e. The Hall–Kier alpha value is -2.14. The van der Waals surface area contributed by atoms with Gasteiger partial charge in [0, 0.05) is 31.9 Å². The number of amides is 1. The van der Waals surface area contributed by atoms with E-state index >= 15 is 0 Å². The van der Waals surface area contributed by atoms with Crippen LogP contribution in [0.4, 0.5) is 0 Å². The normalized spacial score (nSPS) is 10.6. The first-order valence-electron chi connectivity index (χ1n) is 7.20. The van der Waals surface area contributed by atoms with Gasteiger partial charge in [-0.15, -0.1) is 0 Å². The fourth-order valence-electron chi connectivity index (χ4n) is 2.22. The van der Waals surface area contributed by atoms with E-state index in [2.05, 4.69) is 4.98 Å². The first-order chi connectivity index (χ1) is 10.3. The molecule has 2 heterocycles. The number of pyridine rings is 1. The molecule has 0 unspecified atom stereocenters. The Morgan fingerprint density at radius 3 is 2.95 bits per heavy atom. The molecule has 0 aliphatic heterocycles. The summed E-state index contributed by atoms with van der Waals surface area (Å²) in [6.45, 7) is 3.68. The van der Waals surface area contributed by atoms with Gasteiger partial charge in [0.1, 0.15) is 5.76 Å². The van der Waals surface area contributed by atoms with Crippen LogP contribution >= 0.6 is 0 Å². The topological polar surface area (TPSA) is 72.4 Å². The number of hydrogen-bond donors (Lipinski definition) is 1. The van der Waals surface area contributed by atoms with E-state index < -0.39 is 0 Å². The van der Waals surface area contributed by atoms with Crippen LogP contribution in [-0.2, 0) is 13.0 Å². The van der Waals surface area contributed by atoms with Gasteiger partial charge < -0.3 is 15.1 Å². The second-order valence-electron chi connectivity index (χ2n) is 4.84. The fraction of sp³-hybridized carbons (Fsp3) is 0.375. The largest absolute Gasteiger partial charge is 0.469 e. The molecule has 112 valence electrons. The zero-order valence-corrected chi connectivity index (χ0v) is 12.3. The zero-order chi connectivity index (χ0) is 15.1. The number of nitrogens with zero attached hydrogens (tertiary/aromatic N) is 2. The number of aryl methyl sites for hydroxylation is 1. The van der Waals surface area contributed by atoms with Crippen molar-refractivity contribution in [2.75, 3.05) is 13.1 Å². The number of rotatable bonds is 7. The summed E-state index contributed by atoms with van der Waals surface area (Å²) in [5.41, 5.74) is 7.22. The average molecular weight is 287 g/mol. The van der Waals surface area contributed by atoms with E-state index in [1.807, 2.05) is 19.1 Å². The Labute approximate surface area is 124 Å². The monoisotopic (exact) mass is 287 g/mol. The third kappa shape index (κ3) is 3.92. The Kier molecular flexibility index (Phi) is 5.51. The summed E-state index contributed by atoms with van der Waals surface area (Å²) in [5, 5.41) is 0. The predicted octanol–water partition coefficient (Wildman–Crippen LogP) is 2.23. The van der Waals surface area contributed by atoms with E-state index in [0.29, 0.717) is 31.6 Å². The van der Waals surface area contributed by atoms with Crippen LogP contribution in [0.2, 0.25) is 0 Å². The highest BCUT2D eigenvalue weighted by atomic mass is 16.3. The fourth-order valence-corrected chi connectivity index (χ4v) is 2.22. The maximum absolute atomic E-state index is 12.7. The molecule has 0 fully saturated rings. The summed E-state index contributed by atoms with van der Waals surface area (Å²) in [6, 6.07) is 5.57. The molecule has 0 saturated heterocycles. The summed E-state index contributed by atoms with van der Waals surface area (Å²) >= 11 is 0. The lowest BCUT2D eigenvalue weighted by molar-refractivity contribution is 0.0740. The lowest BCUT2D eigenvalue weighted by Gasteiger charge is -2.22. The first kappa shape index (κ1) is 15.3. The Morgan fingerprint density at radius 2 is 2.29 bits per heavy atom. The van der Waals surface area contributed by atoms with Gasteiger partial charge in [-0.3, -0.25) is 9.78 Å². The summed E-state index contributed by atoms with van der Waals surface area (Å²) in [5.74, 6) is 0.710. The minimum Gasteiger partial charge on any atom is -0.469 e. The number of furan rings is 1. The highest BCUT2D eigenvalue weighted by molar-refractivity contribution is 5.95. The number of carbonyl (C=O) groups excluding carboxylic acids is 1. The highest BCUT2D eigenvalue weighted by Crippen LogP contribution is 2.16. The van der Waals surface area contributed by atoms with Crippen molar-refractivity contribution in [3.8, 4) is 0 Å². The SMILES string of the molecule is CCc1occc1C(=O)N(CCCN)Cc1cccnc1. The quantitative estimate of drug-likeness (QED) is 0.847. The summed E-state index contributed by atoms with van der Waals surface area (Å²) in [7, 11) is 0. The molecule has 0 aliphatic rings. The third-order valence-corrected chi connectivity index (χ3v) is 3.31. The van der Waals surface area contributed by atoms with Crippen LogP contribution in [0.25, 0.3) is 0 Å². The molecule has 21 heavy (non-hydrogen) atoms. The molecule has 2 N–H and O–H groups in total. The first-order valence-corrected chi connectivity index (χ1v) is 7.20. The number of nitrogens with two attached hydrogens (primary N) is 1. The highest BCUT2D eigenvalue weighted by Gasteiger charge is 2.20. The van der Waals surface area contributed by atoms with Crippen molar-refractivity contribution in [2.24, 2.45) is 5.73 Å². The van der Waals surface area contributed by atoms with Gasteiger partial charge in [0.2, 0.25) is 0 Å². The maximum atomic E-state index is 12.7. The van der Waals surface area contributed by atoms with Crippen molar-refractivity contribution in [1.29, 1.82) is 0 Å². The maximum Gasteiger partial charge on any atom is 0.257 e. The van der Waals surface area contributed by atoms with E-state index in [-0.39, 0.29) is 5.91 Å². The molecule has 1 amide bonds. The molecule has 5 heteroatoms. The Morgan fingerprint density at radius 1 is 1.43 bits per heavy atom. The van der Waals surface area contributed by atoms with Crippen LogP contribution in [0.15, 0.2) is 41.3 Å². The molecular formula is C16H21N3O2. The number of hydrogen-bond acceptors (Lipinski definition) is 4. The second-order valence-corrected chi connectivity index (χ2v) is 4.84. The van der Waals surface area contributed by atoms with Gasteiger partial charge in [0.15, 0.2) is 0 Å². The molecule has 2 rings (SSSR count). The van der Waals surface area contributed by atoms with E-state index in [1.54, 1.807) is 29.6 Å². The molecule has 0 aromatic carbocycles. The number of carbonyl (C=O) groups is 1. The zero-order valence-electron chi connectivity index (χ0n) is 12.3. The van der Waals surface area contributed by atoms with E-state index in [0.717, 1.165) is 17.7 Å². The van der Waals surface area contributed by atoms with Gasteiger partial charge in [0.05, 0.1) is 11.8 Å². The standard InChI is InChI=1S/C16H21N3O2/c1-2-15-14(6-10-21-15)16(20)19(9-4-7-17)12-13-5-3-8-18-11-13/h3,5-6,8,10-11H,2,4,7,9,12,17H2,1H3. The molecule has 0 radical (unpaired) electrons. The van der Waals surface area contributed by atoms with Crippen LogP contribution in [0.1, 0.15) is 35.0 Å². The van der Waals surface area contributed by atoms with Crippen LogP contribution in [0.5, 0.6) is 0 Å². The van der Waals surface area contributed by atoms with E-state index in [1.165, 1.54) is 0 Å². The molecular weight excluding hydrogens is 266 g/mol. The summed E-state index contributed by atoms with van der Waals surface area (Å²) in [6.07, 6.45) is 6.54. The van der Waals surface area contributed by atoms with E-state index in [9.17, 15) is 4.79 Å². The summed E-state index contributed by atoms with van der Waals surface area (Å²) < 4.78 is 5.36. The molecule has 0 spiro atoms. The molecule has 0 atom stereocenters. The molecule has 2 aromatic rings. The number of aromatic nitrogens is 1. The van der Waals surface area contributed by atoms with Gasteiger partial charge in [-0.05, 0) is 30.7 Å². The van der Waals surface area contributed by atoms with Crippen molar-refractivity contribution < 1.29 is 9.21 Å². The van der Waals surface area contributed by atoms with Crippen LogP contribution < -0.4 is 5.73 Å². The minimum atomic E-state index is -0.0158. The molecule has 0 saturated carbocycles. The van der Waals surface area contributed by atoms with Crippen LogP contribution in [0.3, 0.4) is 0 Å². The average Bonchev–Trinajstić information content (AvgIpc) is 3.00. The lowest BCUT2D eigenvalue weighted by Crippen LogP contribution is -2.32. The van der Waals surface area contributed by atoms with Gasteiger partial charge in [-0.1, -0.05) is 13.0 Å². The summed E-state index contributed by atoms with van der Waals surface area (Å²) in [4.78, 5) is 18.6. The second kappa shape index (κ2) is 7.59. The minimum absolute atomic E-state index is 0.0158. The van der Waals surface area contributed by atoms with Crippen molar-refractivity contribution in [3.05, 3.63) is 53.7 Å². The van der Waals surface area contributed by atoms with Gasteiger partial charge in [0.25, 0.3) is 5.91 Å². The molecule has 5 nitrogen and oxygen atoms in total. The lowest BCUT2D eigenvalue weighted by atomic mass is 10.1. The van der Waals surface area contributed by atoms with Crippen LogP contribution in [0, 0.1) is 0 Å². The third-order valence-electron chi connectivity index (χ3n) is 3.31. The van der Waals surface area contributed by atoms with E-state index in [4.69, 9.17) is 10.2 Å².